The van der Waals surface area contributed by atoms with E-state index < -0.39 is 0 Å². The lowest BCUT2D eigenvalue weighted by molar-refractivity contribution is -0.125. The number of nitrogens with zero attached hydrogens (tertiary/aromatic N) is 3. The molecular weight excluding hydrogens is 274 g/mol. The first kappa shape index (κ1) is 15.2. The zero-order chi connectivity index (χ0) is 14.5. The molecule has 1 aliphatic heterocycles. The van der Waals surface area contributed by atoms with Gasteiger partial charge in [0.1, 0.15) is 5.82 Å². The first-order chi connectivity index (χ1) is 9.61. The van der Waals surface area contributed by atoms with Crippen LogP contribution in [0.3, 0.4) is 0 Å². The Kier molecular flexibility index (Phi) is 5.31. The summed E-state index contributed by atoms with van der Waals surface area (Å²) in [7, 11) is 0. The molecule has 20 heavy (non-hydrogen) atoms. The van der Waals surface area contributed by atoms with Crippen LogP contribution in [0, 0.1) is 5.92 Å². The van der Waals surface area contributed by atoms with E-state index in [0.717, 1.165) is 36.9 Å². The molecule has 1 aromatic rings. The highest BCUT2D eigenvalue weighted by molar-refractivity contribution is 7.09. The van der Waals surface area contributed by atoms with Crippen LogP contribution in [0.4, 0.5) is 5.13 Å². The molecule has 2 rings (SSSR count). The summed E-state index contributed by atoms with van der Waals surface area (Å²) in [6.07, 6.45) is 1.94. The lowest BCUT2D eigenvalue weighted by Crippen LogP contribution is -2.44. The van der Waals surface area contributed by atoms with Crippen LogP contribution in [0.2, 0.25) is 0 Å². The van der Waals surface area contributed by atoms with Gasteiger partial charge in [-0.15, -0.1) is 0 Å². The molecule has 2 heterocycles. The number of piperidine rings is 1. The lowest BCUT2D eigenvalue weighted by Gasteiger charge is -2.31. The predicted molar refractivity (Wildman–Crippen MR) is 81.0 cm³/mol. The fourth-order valence-electron chi connectivity index (χ4n) is 2.29. The Labute approximate surface area is 123 Å². The van der Waals surface area contributed by atoms with Gasteiger partial charge in [0, 0.05) is 43.6 Å². The van der Waals surface area contributed by atoms with Gasteiger partial charge in [0.2, 0.25) is 11.0 Å². The number of aromatic nitrogens is 2. The average Bonchev–Trinajstić information content (AvgIpc) is 2.95. The maximum atomic E-state index is 12.0. The highest BCUT2D eigenvalue weighted by Crippen LogP contribution is 2.26. The van der Waals surface area contributed by atoms with Crippen molar-refractivity contribution in [2.75, 3.05) is 31.1 Å². The molecule has 0 radical (unpaired) electrons. The van der Waals surface area contributed by atoms with Crippen LogP contribution < -0.4 is 16.0 Å². The molecule has 1 unspecified atom stereocenters. The number of nitrogens with one attached hydrogen (secondary N) is 1. The molecule has 0 bridgehead atoms. The third-order valence-electron chi connectivity index (χ3n) is 3.45. The maximum Gasteiger partial charge on any atom is 0.224 e. The van der Waals surface area contributed by atoms with Crippen molar-refractivity contribution in [3.63, 3.8) is 0 Å². The Morgan fingerprint density at radius 1 is 1.60 bits per heavy atom. The smallest absolute Gasteiger partial charge is 0.224 e. The van der Waals surface area contributed by atoms with E-state index in [0.29, 0.717) is 19.0 Å². The number of anilines is 1. The summed E-state index contributed by atoms with van der Waals surface area (Å²) in [5, 5.41) is 3.81. The van der Waals surface area contributed by atoms with Crippen molar-refractivity contribution in [3.05, 3.63) is 5.82 Å². The molecular formula is C13H23N5OS. The average molecular weight is 297 g/mol. The van der Waals surface area contributed by atoms with E-state index in [9.17, 15) is 4.79 Å². The summed E-state index contributed by atoms with van der Waals surface area (Å²) in [6.45, 7) is 6.88. The van der Waals surface area contributed by atoms with Gasteiger partial charge in [-0.25, -0.2) is 4.98 Å². The normalized spacial score (nSPS) is 19.4. The number of amides is 1. The largest absolute Gasteiger partial charge is 0.355 e. The van der Waals surface area contributed by atoms with E-state index in [-0.39, 0.29) is 11.8 Å². The molecule has 6 nitrogen and oxygen atoms in total. The second kappa shape index (κ2) is 6.99. The van der Waals surface area contributed by atoms with E-state index in [1.165, 1.54) is 11.5 Å². The lowest BCUT2D eigenvalue weighted by atomic mass is 9.97. The number of rotatable bonds is 5. The first-order valence-electron chi connectivity index (χ1n) is 7.18. The van der Waals surface area contributed by atoms with Gasteiger partial charge in [0.25, 0.3) is 0 Å². The van der Waals surface area contributed by atoms with Crippen LogP contribution in [0.15, 0.2) is 0 Å². The Morgan fingerprint density at radius 3 is 3.05 bits per heavy atom. The molecule has 1 atom stereocenters. The van der Waals surface area contributed by atoms with Gasteiger partial charge in [-0.3, -0.25) is 4.79 Å². The molecule has 112 valence electrons. The summed E-state index contributed by atoms with van der Waals surface area (Å²) >= 11 is 1.43. The minimum absolute atomic E-state index is 0.0294. The van der Waals surface area contributed by atoms with Crippen molar-refractivity contribution in [2.45, 2.75) is 32.6 Å². The molecule has 1 fully saturated rings. The Morgan fingerprint density at radius 2 is 2.40 bits per heavy atom. The van der Waals surface area contributed by atoms with Crippen LogP contribution in [0.25, 0.3) is 0 Å². The van der Waals surface area contributed by atoms with Crippen molar-refractivity contribution in [1.29, 1.82) is 0 Å². The summed E-state index contributed by atoms with van der Waals surface area (Å²) in [6, 6.07) is 0. The van der Waals surface area contributed by atoms with E-state index >= 15 is 0 Å². The molecule has 0 aliphatic carbocycles. The molecule has 0 aromatic carbocycles. The number of hydrogen-bond donors (Lipinski definition) is 2. The molecule has 0 spiro atoms. The SMILES string of the molecule is CC(C)c1nsc(N2CCCC(C(=O)NCCN)C2)n1. The van der Waals surface area contributed by atoms with E-state index in [1.54, 1.807) is 0 Å². The van der Waals surface area contributed by atoms with Crippen LogP contribution in [0.5, 0.6) is 0 Å². The summed E-state index contributed by atoms with van der Waals surface area (Å²) in [5.74, 6) is 1.36. The van der Waals surface area contributed by atoms with E-state index in [1.807, 2.05) is 0 Å². The quantitative estimate of drug-likeness (QED) is 0.845. The number of nitrogens with two attached hydrogens (primary N) is 1. The molecule has 1 saturated heterocycles. The topological polar surface area (TPSA) is 84.1 Å². The number of carbonyl (C=O) groups is 1. The van der Waals surface area contributed by atoms with Gasteiger partial charge in [-0.2, -0.15) is 4.37 Å². The van der Waals surface area contributed by atoms with Crippen molar-refractivity contribution >= 4 is 22.6 Å². The Hall–Kier alpha value is -1.21. The molecule has 0 saturated carbocycles. The summed E-state index contributed by atoms with van der Waals surface area (Å²) in [4.78, 5) is 18.8. The van der Waals surface area contributed by atoms with Gasteiger partial charge in [0.05, 0.1) is 5.92 Å². The van der Waals surface area contributed by atoms with Crippen LogP contribution in [-0.4, -0.2) is 41.4 Å². The fourth-order valence-corrected chi connectivity index (χ4v) is 3.14. The van der Waals surface area contributed by atoms with Gasteiger partial charge < -0.3 is 16.0 Å². The van der Waals surface area contributed by atoms with E-state index in [2.05, 4.69) is 33.4 Å². The van der Waals surface area contributed by atoms with E-state index in [4.69, 9.17) is 5.73 Å². The van der Waals surface area contributed by atoms with Crippen molar-refractivity contribution in [2.24, 2.45) is 11.7 Å². The standard InChI is InChI=1S/C13H23N5OS/c1-9(2)11-16-13(20-17-11)18-7-3-4-10(8-18)12(19)15-6-5-14/h9-10H,3-8,14H2,1-2H3,(H,15,19). The molecule has 1 amide bonds. The van der Waals surface area contributed by atoms with Crippen molar-refractivity contribution in [3.8, 4) is 0 Å². The molecule has 7 heteroatoms. The maximum absolute atomic E-state index is 12.0. The summed E-state index contributed by atoms with van der Waals surface area (Å²) in [5.41, 5.74) is 5.41. The zero-order valence-corrected chi connectivity index (χ0v) is 12.9. The second-order valence-electron chi connectivity index (χ2n) is 5.45. The number of carbonyl (C=O) groups excluding carboxylic acids is 1. The highest BCUT2D eigenvalue weighted by atomic mass is 32.1. The zero-order valence-electron chi connectivity index (χ0n) is 12.1. The van der Waals surface area contributed by atoms with Gasteiger partial charge >= 0.3 is 0 Å². The van der Waals surface area contributed by atoms with Crippen molar-refractivity contribution < 1.29 is 4.79 Å². The third-order valence-corrected chi connectivity index (χ3v) is 4.24. The van der Waals surface area contributed by atoms with Crippen molar-refractivity contribution in [1.82, 2.24) is 14.7 Å². The molecule has 3 N–H and O–H groups in total. The monoisotopic (exact) mass is 297 g/mol. The summed E-state index contributed by atoms with van der Waals surface area (Å²) < 4.78 is 4.38. The number of hydrogen-bond acceptors (Lipinski definition) is 6. The second-order valence-corrected chi connectivity index (χ2v) is 6.19. The highest BCUT2D eigenvalue weighted by Gasteiger charge is 2.27. The predicted octanol–water partition coefficient (Wildman–Crippen LogP) is 0.953. The minimum Gasteiger partial charge on any atom is -0.355 e. The minimum atomic E-state index is 0.0294. The third kappa shape index (κ3) is 3.67. The van der Waals surface area contributed by atoms with Crippen LogP contribution >= 0.6 is 11.5 Å². The van der Waals surface area contributed by atoms with Gasteiger partial charge in [-0.05, 0) is 12.8 Å². The Bertz CT molecular complexity index is 448. The fraction of sp³-hybridized carbons (Fsp3) is 0.769. The Balaban J connectivity index is 1.97. The van der Waals surface area contributed by atoms with Crippen LogP contribution in [-0.2, 0) is 4.79 Å². The first-order valence-corrected chi connectivity index (χ1v) is 7.95. The molecule has 1 aliphatic rings. The molecule has 1 aromatic heterocycles. The van der Waals surface area contributed by atoms with Crippen LogP contribution in [0.1, 0.15) is 38.4 Å². The van der Waals surface area contributed by atoms with Gasteiger partial charge in [0.15, 0.2) is 0 Å². The van der Waals surface area contributed by atoms with Gasteiger partial charge in [-0.1, -0.05) is 13.8 Å².